The number of benzene rings is 1. The molecule has 0 bridgehead atoms. The van der Waals surface area contributed by atoms with Gasteiger partial charge in [0.1, 0.15) is 9.50 Å². The van der Waals surface area contributed by atoms with E-state index in [1.165, 1.54) is 24.4 Å². The monoisotopic (exact) mass is 394 g/mol. The van der Waals surface area contributed by atoms with Crippen molar-refractivity contribution in [2.45, 2.75) is 11.8 Å². The second-order valence-corrected chi connectivity index (χ2v) is 7.18. The number of aryl methyl sites for hydroxylation is 1. The van der Waals surface area contributed by atoms with Crippen LogP contribution in [0.5, 0.6) is 0 Å². The Morgan fingerprint density at radius 2 is 2.00 bits per heavy atom. The number of sulfonamides is 1. The summed E-state index contributed by atoms with van der Waals surface area (Å²) in [4.78, 5) is 3.95. The number of rotatable bonds is 3. The molecule has 1 aromatic carbocycles. The maximum absolute atomic E-state index is 12.3. The fourth-order valence-corrected chi connectivity index (χ4v) is 3.53. The SMILES string of the molecule is Cc1cc(NS(=O)(=O)c2cccc(Cl)c2Cl)cnc1Br. The van der Waals surface area contributed by atoms with E-state index in [0.29, 0.717) is 10.3 Å². The molecule has 0 fully saturated rings. The van der Waals surface area contributed by atoms with Crippen LogP contribution in [0.4, 0.5) is 5.69 Å². The van der Waals surface area contributed by atoms with Crippen molar-refractivity contribution in [3.05, 3.63) is 50.7 Å². The lowest BCUT2D eigenvalue weighted by atomic mass is 10.3. The summed E-state index contributed by atoms with van der Waals surface area (Å²) in [6.07, 6.45) is 1.41. The molecule has 1 heterocycles. The molecule has 0 spiro atoms. The van der Waals surface area contributed by atoms with Gasteiger partial charge in [-0.2, -0.15) is 0 Å². The normalized spacial score (nSPS) is 11.4. The first-order chi connectivity index (χ1) is 9.31. The van der Waals surface area contributed by atoms with Crippen LogP contribution in [-0.4, -0.2) is 13.4 Å². The van der Waals surface area contributed by atoms with Crippen molar-refractivity contribution in [2.75, 3.05) is 4.72 Å². The summed E-state index contributed by atoms with van der Waals surface area (Å²) in [7, 11) is -3.82. The summed E-state index contributed by atoms with van der Waals surface area (Å²) in [6.45, 7) is 1.81. The molecule has 0 radical (unpaired) electrons. The number of nitrogens with one attached hydrogen (secondary N) is 1. The van der Waals surface area contributed by atoms with E-state index in [-0.39, 0.29) is 14.9 Å². The molecular weight excluding hydrogens is 387 g/mol. The number of anilines is 1. The molecule has 2 aromatic rings. The summed E-state index contributed by atoms with van der Waals surface area (Å²) in [5.41, 5.74) is 1.16. The number of halogens is 3. The van der Waals surface area contributed by atoms with Crippen LogP contribution in [0.1, 0.15) is 5.56 Å². The predicted octanol–water partition coefficient (Wildman–Crippen LogP) is 4.26. The molecule has 0 amide bonds. The Hall–Kier alpha value is -0.820. The van der Waals surface area contributed by atoms with E-state index < -0.39 is 10.0 Å². The first-order valence-corrected chi connectivity index (χ1v) is 8.43. The van der Waals surface area contributed by atoms with Crippen molar-refractivity contribution >= 4 is 54.8 Å². The van der Waals surface area contributed by atoms with E-state index in [0.717, 1.165) is 5.56 Å². The topological polar surface area (TPSA) is 59.1 Å². The fraction of sp³-hybridized carbons (Fsp3) is 0.0833. The highest BCUT2D eigenvalue weighted by Crippen LogP contribution is 2.30. The highest BCUT2D eigenvalue weighted by molar-refractivity contribution is 9.10. The van der Waals surface area contributed by atoms with Crippen molar-refractivity contribution < 1.29 is 8.42 Å². The van der Waals surface area contributed by atoms with E-state index in [4.69, 9.17) is 23.2 Å². The first kappa shape index (κ1) is 15.6. The summed E-state index contributed by atoms with van der Waals surface area (Å²) in [5.74, 6) is 0. The van der Waals surface area contributed by atoms with Crippen LogP contribution in [0.15, 0.2) is 40.0 Å². The van der Waals surface area contributed by atoms with Gasteiger partial charge in [0.2, 0.25) is 0 Å². The predicted molar refractivity (Wildman–Crippen MR) is 83.9 cm³/mol. The third kappa shape index (κ3) is 3.25. The summed E-state index contributed by atoms with van der Waals surface area (Å²) < 4.78 is 27.6. The molecule has 20 heavy (non-hydrogen) atoms. The second-order valence-electron chi connectivity index (χ2n) is 3.99. The number of hydrogen-bond donors (Lipinski definition) is 1. The summed E-state index contributed by atoms with van der Waals surface area (Å²) >= 11 is 15.0. The van der Waals surface area contributed by atoms with Gasteiger partial charge in [-0.15, -0.1) is 0 Å². The van der Waals surface area contributed by atoms with E-state index in [1.807, 2.05) is 0 Å². The van der Waals surface area contributed by atoms with E-state index in [2.05, 4.69) is 25.6 Å². The van der Waals surface area contributed by atoms with Crippen LogP contribution in [0, 0.1) is 6.92 Å². The van der Waals surface area contributed by atoms with Gasteiger partial charge in [0.25, 0.3) is 10.0 Å². The second kappa shape index (κ2) is 5.89. The van der Waals surface area contributed by atoms with Crippen LogP contribution in [0.2, 0.25) is 10.0 Å². The molecule has 0 unspecified atom stereocenters. The molecule has 1 aromatic heterocycles. The molecule has 8 heteroatoms. The number of pyridine rings is 1. The van der Waals surface area contributed by atoms with Gasteiger partial charge >= 0.3 is 0 Å². The van der Waals surface area contributed by atoms with Gasteiger partial charge in [0, 0.05) is 0 Å². The molecule has 0 aliphatic heterocycles. The number of aromatic nitrogens is 1. The molecule has 2 rings (SSSR count). The van der Waals surface area contributed by atoms with Crippen LogP contribution in [0.3, 0.4) is 0 Å². The maximum atomic E-state index is 12.3. The highest BCUT2D eigenvalue weighted by Gasteiger charge is 2.19. The van der Waals surface area contributed by atoms with Crippen molar-refractivity contribution in [2.24, 2.45) is 0 Å². The lowest BCUT2D eigenvalue weighted by molar-refractivity contribution is 0.601. The maximum Gasteiger partial charge on any atom is 0.263 e. The minimum atomic E-state index is -3.82. The van der Waals surface area contributed by atoms with Crippen molar-refractivity contribution in [1.29, 1.82) is 0 Å². The van der Waals surface area contributed by atoms with Gasteiger partial charge < -0.3 is 0 Å². The van der Waals surface area contributed by atoms with Crippen molar-refractivity contribution in [1.82, 2.24) is 4.98 Å². The Kier molecular flexibility index (Phi) is 4.59. The van der Waals surface area contributed by atoms with Gasteiger partial charge in [0.05, 0.1) is 21.9 Å². The van der Waals surface area contributed by atoms with Crippen LogP contribution in [-0.2, 0) is 10.0 Å². The summed E-state index contributed by atoms with van der Waals surface area (Å²) in [6, 6.07) is 6.09. The Labute approximate surface area is 135 Å². The van der Waals surface area contributed by atoms with Gasteiger partial charge in [-0.05, 0) is 46.6 Å². The highest BCUT2D eigenvalue weighted by atomic mass is 79.9. The van der Waals surface area contributed by atoms with Gasteiger partial charge in [0.15, 0.2) is 0 Å². The fourth-order valence-electron chi connectivity index (χ4n) is 1.52. The average Bonchev–Trinajstić information content (AvgIpc) is 2.36. The molecule has 1 N–H and O–H groups in total. The minimum absolute atomic E-state index is 0.0107. The Morgan fingerprint density at radius 1 is 1.30 bits per heavy atom. The molecular formula is C12H9BrCl2N2O2S. The van der Waals surface area contributed by atoms with Crippen molar-refractivity contribution in [3.63, 3.8) is 0 Å². The quantitative estimate of drug-likeness (QED) is 0.789. The van der Waals surface area contributed by atoms with Crippen molar-refractivity contribution in [3.8, 4) is 0 Å². The van der Waals surface area contributed by atoms with Gasteiger partial charge in [-0.1, -0.05) is 29.3 Å². The third-order valence-electron chi connectivity index (χ3n) is 2.47. The molecule has 4 nitrogen and oxygen atoms in total. The average molecular weight is 396 g/mol. The minimum Gasteiger partial charge on any atom is -0.278 e. The third-order valence-corrected chi connectivity index (χ3v) is 5.66. The number of hydrogen-bond acceptors (Lipinski definition) is 3. The molecule has 0 aliphatic carbocycles. The standard InChI is InChI=1S/C12H9BrCl2N2O2S/c1-7-5-8(6-16-12(7)13)17-20(18,19)10-4-2-3-9(14)11(10)15/h2-6,17H,1H3. The molecule has 0 aliphatic rings. The van der Waals surface area contributed by atoms with Crippen LogP contribution in [0.25, 0.3) is 0 Å². The molecule has 0 atom stereocenters. The van der Waals surface area contributed by atoms with Gasteiger partial charge in [-0.25, -0.2) is 13.4 Å². The Bertz CT molecular complexity index is 766. The Morgan fingerprint density at radius 3 is 2.65 bits per heavy atom. The van der Waals surface area contributed by atoms with E-state index in [9.17, 15) is 8.42 Å². The lowest BCUT2D eigenvalue weighted by Gasteiger charge is -2.10. The largest absolute Gasteiger partial charge is 0.278 e. The first-order valence-electron chi connectivity index (χ1n) is 5.40. The van der Waals surface area contributed by atoms with Gasteiger partial charge in [-0.3, -0.25) is 4.72 Å². The smallest absolute Gasteiger partial charge is 0.263 e. The van der Waals surface area contributed by atoms with E-state index >= 15 is 0 Å². The zero-order chi connectivity index (χ0) is 14.9. The van der Waals surface area contributed by atoms with Crippen LogP contribution < -0.4 is 4.72 Å². The molecule has 0 saturated heterocycles. The van der Waals surface area contributed by atoms with E-state index in [1.54, 1.807) is 13.0 Å². The zero-order valence-corrected chi connectivity index (χ0v) is 14.1. The lowest BCUT2D eigenvalue weighted by Crippen LogP contribution is -2.14. The van der Waals surface area contributed by atoms with Crippen LogP contribution >= 0.6 is 39.1 Å². The molecule has 106 valence electrons. The number of nitrogens with zero attached hydrogens (tertiary/aromatic N) is 1. The zero-order valence-electron chi connectivity index (χ0n) is 10.2. The molecule has 0 saturated carbocycles. The summed E-state index contributed by atoms with van der Waals surface area (Å²) in [5, 5.41) is 0.170. The Balaban J connectivity index is 2.41.